The van der Waals surface area contributed by atoms with Crippen LogP contribution in [0.1, 0.15) is 28.7 Å². The molecular formula is C12H15Br2N5O. The molecule has 0 spiro atoms. The van der Waals surface area contributed by atoms with E-state index in [0.29, 0.717) is 21.3 Å². The highest BCUT2D eigenvalue weighted by atomic mass is 79.9. The van der Waals surface area contributed by atoms with Gasteiger partial charge in [-0.25, -0.2) is 0 Å². The average molecular weight is 405 g/mol. The molecule has 6 nitrogen and oxygen atoms in total. The first-order valence-electron chi connectivity index (χ1n) is 6.11. The van der Waals surface area contributed by atoms with Crippen molar-refractivity contribution in [2.45, 2.75) is 26.9 Å². The standard InChI is InChI=1S/C12H15Br2N5O/c1-4-19-6-8(7(2)17-19)5-18(3)12(20)10-9(13)11(14)16-15-10/h6H,4-5H2,1-3H3,(H,15,16). The molecular weight excluding hydrogens is 390 g/mol. The van der Waals surface area contributed by atoms with Gasteiger partial charge in [0.2, 0.25) is 0 Å². The Balaban J connectivity index is 2.15. The van der Waals surface area contributed by atoms with Gasteiger partial charge < -0.3 is 4.90 Å². The molecule has 0 fully saturated rings. The van der Waals surface area contributed by atoms with Gasteiger partial charge in [0.1, 0.15) is 4.60 Å². The number of hydrogen-bond donors (Lipinski definition) is 1. The second-order valence-corrected chi connectivity index (χ2v) is 6.04. The number of nitrogens with zero attached hydrogens (tertiary/aromatic N) is 4. The normalized spacial score (nSPS) is 10.8. The first kappa shape index (κ1) is 15.2. The summed E-state index contributed by atoms with van der Waals surface area (Å²) >= 11 is 6.61. The Bertz CT molecular complexity index is 634. The van der Waals surface area contributed by atoms with Crippen LogP contribution >= 0.6 is 31.9 Å². The van der Waals surface area contributed by atoms with Gasteiger partial charge in [0, 0.05) is 31.9 Å². The molecule has 108 valence electrons. The third-order valence-electron chi connectivity index (χ3n) is 3.00. The van der Waals surface area contributed by atoms with Gasteiger partial charge in [-0.05, 0) is 45.7 Å². The number of aromatic nitrogens is 4. The Hall–Kier alpha value is -1.15. The van der Waals surface area contributed by atoms with E-state index in [1.807, 2.05) is 24.7 Å². The molecule has 2 rings (SSSR count). The zero-order chi connectivity index (χ0) is 14.9. The summed E-state index contributed by atoms with van der Waals surface area (Å²) in [4.78, 5) is 14.0. The van der Waals surface area contributed by atoms with Crippen LogP contribution in [-0.4, -0.2) is 37.8 Å². The summed E-state index contributed by atoms with van der Waals surface area (Å²) < 4.78 is 3.16. The van der Waals surface area contributed by atoms with Crippen molar-refractivity contribution in [2.75, 3.05) is 7.05 Å². The molecule has 0 aliphatic heterocycles. The first-order chi connectivity index (χ1) is 9.43. The minimum atomic E-state index is -0.150. The number of rotatable bonds is 4. The van der Waals surface area contributed by atoms with Crippen molar-refractivity contribution < 1.29 is 4.79 Å². The SMILES string of the molecule is CCn1cc(CN(C)C(=O)c2n[nH]c(Br)c2Br)c(C)n1. The summed E-state index contributed by atoms with van der Waals surface area (Å²) in [6, 6.07) is 0. The second-order valence-electron chi connectivity index (χ2n) is 4.46. The van der Waals surface area contributed by atoms with Gasteiger partial charge in [0.15, 0.2) is 5.69 Å². The molecule has 2 heterocycles. The summed E-state index contributed by atoms with van der Waals surface area (Å²) in [6.07, 6.45) is 1.97. The van der Waals surface area contributed by atoms with E-state index in [2.05, 4.69) is 47.2 Å². The van der Waals surface area contributed by atoms with Crippen molar-refractivity contribution >= 4 is 37.8 Å². The maximum atomic E-state index is 12.3. The van der Waals surface area contributed by atoms with Crippen LogP contribution in [0.25, 0.3) is 0 Å². The van der Waals surface area contributed by atoms with Gasteiger partial charge in [-0.2, -0.15) is 10.2 Å². The molecule has 8 heteroatoms. The molecule has 2 aromatic heterocycles. The third kappa shape index (κ3) is 2.95. The highest BCUT2D eigenvalue weighted by Crippen LogP contribution is 2.25. The summed E-state index contributed by atoms with van der Waals surface area (Å²) in [5.41, 5.74) is 2.34. The lowest BCUT2D eigenvalue weighted by Gasteiger charge is -2.15. The van der Waals surface area contributed by atoms with Crippen LogP contribution in [0.4, 0.5) is 0 Å². The van der Waals surface area contributed by atoms with Gasteiger partial charge in [0.25, 0.3) is 5.91 Å². The number of amides is 1. The second kappa shape index (κ2) is 6.09. The van der Waals surface area contributed by atoms with Crippen LogP contribution in [0.5, 0.6) is 0 Å². The lowest BCUT2D eigenvalue weighted by Crippen LogP contribution is -2.27. The fourth-order valence-corrected chi connectivity index (χ4v) is 2.46. The van der Waals surface area contributed by atoms with Crippen molar-refractivity contribution in [3.05, 3.63) is 32.2 Å². The number of H-pyrrole nitrogens is 1. The fraction of sp³-hybridized carbons (Fsp3) is 0.417. The Morgan fingerprint density at radius 3 is 2.70 bits per heavy atom. The lowest BCUT2D eigenvalue weighted by molar-refractivity contribution is 0.0778. The Kier molecular flexibility index (Phi) is 4.64. The number of halogens is 2. The van der Waals surface area contributed by atoms with E-state index in [-0.39, 0.29) is 5.91 Å². The smallest absolute Gasteiger partial charge is 0.275 e. The molecule has 0 saturated heterocycles. The number of aromatic amines is 1. The van der Waals surface area contributed by atoms with Crippen LogP contribution in [0.2, 0.25) is 0 Å². The average Bonchev–Trinajstić information content (AvgIpc) is 2.94. The van der Waals surface area contributed by atoms with E-state index in [4.69, 9.17) is 0 Å². The van der Waals surface area contributed by atoms with Crippen molar-refractivity contribution in [3.8, 4) is 0 Å². The number of carbonyl (C=O) groups is 1. The van der Waals surface area contributed by atoms with E-state index in [9.17, 15) is 4.79 Å². The molecule has 0 radical (unpaired) electrons. The van der Waals surface area contributed by atoms with Gasteiger partial charge in [-0.15, -0.1) is 0 Å². The fourth-order valence-electron chi connectivity index (χ4n) is 1.83. The topological polar surface area (TPSA) is 66.8 Å². The number of nitrogens with one attached hydrogen (secondary N) is 1. The molecule has 0 unspecified atom stereocenters. The minimum Gasteiger partial charge on any atom is -0.336 e. The minimum absolute atomic E-state index is 0.150. The van der Waals surface area contributed by atoms with Crippen LogP contribution < -0.4 is 0 Å². The monoisotopic (exact) mass is 403 g/mol. The van der Waals surface area contributed by atoms with Crippen LogP contribution in [0.3, 0.4) is 0 Å². The summed E-state index contributed by atoms with van der Waals surface area (Å²) in [5.74, 6) is -0.150. The number of carbonyl (C=O) groups excluding carboxylic acids is 1. The number of aryl methyl sites for hydroxylation is 2. The Morgan fingerprint density at radius 2 is 2.20 bits per heavy atom. The molecule has 0 saturated carbocycles. The lowest BCUT2D eigenvalue weighted by atomic mass is 10.2. The third-order valence-corrected chi connectivity index (χ3v) is 4.87. The van der Waals surface area contributed by atoms with Gasteiger partial charge in [-0.3, -0.25) is 14.6 Å². The summed E-state index contributed by atoms with van der Waals surface area (Å²) in [7, 11) is 1.75. The zero-order valence-electron chi connectivity index (χ0n) is 11.4. The van der Waals surface area contributed by atoms with Gasteiger partial charge in [0.05, 0.1) is 10.2 Å². The molecule has 0 aliphatic rings. The molecule has 20 heavy (non-hydrogen) atoms. The summed E-state index contributed by atoms with van der Waals surface area (Å²) in [6.45, 7) is 5.29. The van der Waals surface area contributed by atoms with E-state index >= 15 is 0 Å². The predicted molar refractivity (Wildman–Crippen MR) is 82.4 cm³/mol. The van der Waals surface area contributed by atoms with Crippen LogP contribution in [0.15, 0.2) is 15.3 Å². The molecule has 0 aliphatic carbocycles. The molecule has 2 aromatic rings. The largest absolute Gasteiger partial charge is 0.336 e. The quantitative estimate of drug-likeness (QED) is 0.851. The maximum Gasteiger partial charge on any atom is 0.275 e. The number of hydrogen-bond acceptors (Lipinski definition) is 3. The van der Waals surface area contributed by atoms with E-state index in [1.165, 1.54) is 0 Å². The van der Waals surface area contributed by atoms with E-state index in [0.717, 1.165) is 17.8 Å². The first-order valence-corrected chi connectivity index (χ1v) is 7.70. The van der Waals surface area contributed by atoms with Crippen molar-refractivity contribution in [2.24, 2.45) is 0 Å². The van der Waals surface area contributed by atoms with Gasteiger partial charge in [-0.1, -0.05) is 0 Å². The van der Waals surface area contributed by atoms with Crippen molar-refractivity contribution in [1.29, 1.82) is 0 Å². The van der Waals surface area contributed by atoms with E-state index in [1.54, 1.807) is 11.9 Å². The molecule has 1 N–H and O–H groups in total. The summed E-state index contributed by atoms with van der Waals surface area (Å²) in [5, 5.41) is 11.1. The van der Waals surface area contributed by atoms with Crippen molar-refractivity contribution in [3.63, 3.8) is 0 Å². The maximum absolute atomic E-state index is 12.3. The Labute approximate surface area is 133 Å². The van der Waals surface area contributed by atoms with Crippen LogP contribution in [-0.2, 0) is 13.1 Å². The molecule has 0 aromatic carbocycles. The van der Waals surface area contributed by atoms with E-state index < -0.39 is 0 Å². The van der Waals surface area contributed by atoms with Crippen LogP contribution in [0, 0.1) is 6.92 Å². The highest BCUT2D eigenvalue weighted by Gasteiger charge is 2.21. The molecule has 0 bridgehead atoms. The molecule has 1 amide bonds. The van der Waals surface area contributed by atoms with Gasteiger partial charge >= 0.3 is 0 Å². The highest BCUT2D eigenvalue weighted by molar-refractivity contribution is 9.13. The zero-order valence-corrected chi connectivity index (χ0v) is 14.6. The van der Waals surface area contributed by atoms with Crippen molar-refractivity contribution in [1.82, 2.24) is 24.9 Å². The predicted octanol–water partition coefficient (Wildman–Crippen LogP) is 2.73. The molecule has 0 atom stereocenters. The Morgan fingerprint density at radius 1 is 1.50 bits per heavy atom.